The Bertz CT molecular complexity index is 1520. The summed E-state index contributed by atoms with van der Waals surface area (Å²) in [6.45, 7) is 1.42. The van der Waals surface area contributed by atoms with E-state index in [-0.39, 0.29) is 11.3 Å². The second-order valence-corrected chi connectivity index (χ2v) is 8.58. The molecule has 0 aliphatic rings. The fourth-order valence-electron chi connectivity index (χ4n) is 3.43. The zero-order valence-corrected chi connectivity index (χ0v) is 20.1. The van der Waals surface area contributed by atoms with Crippen LogP contribution in [0.25, 0.3) is 16.6 Å². The van der Waals surface area contributed by atoms with E-state index in [1.54, 1.807) is 48.5 Å². The van der Waals surface area contributed by atoms with E-state index in [1.807, 2.05) is 31.2 Å². The molecule has 0 saturated carbocycles. The van der Waals surface area contributed by atoms with Crippen molar-refractivity contribution in [1.29, 1.82) is 0 Å². The Morgan fingerprint density at radius 2 is 1.81 bits per heavy atom. The molecule has 10 heteroatoms. The highest BCUT2D eigenvalue weighted by Gasteiger charge is 2.16. The minimum atomic E-state index is -1.10. The second-order valence-electron chi connectivity index (χ2n) is 7.64. The number of hydrazone groups is 1. The minimum absolute atomic E-state index is 0.0365. The first-order chi connectivity index (χ1) is 17.4. The summed E-state index contributed by atoms with van der Waals surface area (Å²) in [5.41, 5.74) is 4.88. The largest absolute Gasteiger partial charge is 0.481 e. The van der Waals surface area contributed by atoms with Crippen molar-refractivity contribution in [3.05, 3.63) is 94.3 Å². The van der Waals surface area contributed by atoms with E-state index in [2.05, 4.69) is 15.5 Å². The Labute approximate surface area is 210 Å². The summed E-state index contributed by atoms with van der Waals surface area (Å²) in [6, 6.07) is 21.3. The van der Waals surface area contributed by atoms with E-state index in [1.165, 1.54) is 10.8 Å². The first-order valence-corrected chi connectivity index (χ1v) is 11.9. The van der Waals surface area contributed by atoms with Crippen LogP contribution in [0.5, 0.6) is 5.75 Å². The molecule has 0 aliphatic carbocycles. The third-order valence-electron chi connectivity index (χ3n) is 5.10. The molecule has 36 heavy (non-hydrogen) atoms. The van der Waals surface area contributed by atoms with E-state index >= 15 is 0 Å². The lowest BCUT2D eigenvalue weighted by atomic mass is 10.2. The van der Waals surface area contributed by atoms with Crippen LogP contribution in [0.15, 0.2) is 87.8 Å². The van der Waals surface area contributed by atoms with Crippen LogP contribution in [-0.2, 0) is 9.59 Å². The van der Waals surface area contributed by atoms with Gasteiger partial charge in [-0.3, -0.25) is 14.2 Å². The highest BCUT2D eigenvalue weighted by Crippen LogP contribution is 2.23. The molecule has 182 valence electrons. The third kappa shape index (κ3) is 5.78. The van der Waals surface area contributed by atoms with Crippen LogP contribution in [-0.4, -0.2) is 45.1 Å². The number of para-hydroxylation sites is 3. The van der Waals surface area contributed by atoms with Gasteiger partial charge in [0.15, 0.2) is 11.8 Å². The average molecular weight is 503 g/mol. The van der Waals surface area contributed by atoms with E-state index in [0.29, 0.717) is 33.1 Å². The maximum absolute atomic E-state index is 13.3. The third-order valence-corrected chi connectivity index (χ3v) is 6.04. The fraction of sp³-hybridized carbons (Fsp3) is 0.115. The lowest BCUT2D eigenvalue weighted by Crippen LogP contribution is -2.24. The molecular formula is C26H22N4O5S. The van der Waals surface area contributed by atoms with Crippen molar-refractivity contribution in [3.63, 3.8) is 0 Å². The van der Waals surface area contributed by atoms with Crippen LogP contribution >= 0.6 is 11.8 Å². The SMILES string of the molecule is Cc1ccccc1-n1c(SCC(=O)N/N=C/c2ccccc2OCC(=O)O)nc2ccccc2c1=O. The number of nitrogens with zero attached hydrogens (tertiary/aromatic N) is 3. The number of rotatable bonds is 9. The number of hydrogen-bond acceptors (Lipinski definition) is 7. The molecule has 2 N–H and O–H groups in total. The average Bonchev–Trinajstić information content (AvgIpc) is 2.87. The number of ether oxygens (including phenoxy) is 1. The van der Waals surface area contributed by atoms with Crippen LogP contribution in [0.1, 0.15) is 11.1 Å². The van der Waals surface area contributed by atoms with Gasteiger partial charge < -0.3 is 9.84 Å². The number of aliphatic carboxylic acids is 1. The maximum atomic E-state index is 13.3. The van der Waals surface area contributed by atoms with Crippen molar-refractivity contribution in [3.8, 4) is 11.4 Å². The zero-order valence-electron chi connectivity index (χ0n) is 19.2. The highest BCUT2D eigenvalue weighted by atomic mass is 32.2. The summed E-state index contributed by atoms with van der Waals surface area (Å²) in [4.78, 5) is 41.2. The number of hydrogen-bond donors (Lipinski definition) is 2. The van der Waals surface area contributed by atoms with Crippen molar-refractivity contribution in [1.82, 2.24) is 15.0 Å². The number of carboxylic acid groups (broad SMARTS) is 1. The smallest absolute Gasteiger partial charge is 0.341 e. The van der Waals surface area contributed by atoms with E-state index in [0.717, 1.165) is 17.3 Å². The van der Waals surface area contributed by atoms with Gasteiger partial charge in [-0.15, -0.1) is 0 Å². The number of nitrogens with one attached hydrogen (secondary N) is 1. The van der Waals surface area contributed by atoms with Gasteiger partial charge in [-0.2, -0.15) is 5.10 Å². The number of benzene rings is 3. The molecule has 0 saturated heterocycles. The molecule has 0 spiro atoms. The molecule has 1 amide bonds. The molecule has 9 nitrogen and oxygen atoms in total. The van der Waals surface area contributed by atoms with Crippen molar-refractivity contribution >= 4 is 40.8 Å². The van der Waals surface area contributed by atoms with Gasteiger partial charge in [-0.1, -0.05) is 54.2 Å². The number of aromatic nitrogens is 2. The number of amides is 1. The quantitative estimate of drug-likeness (QED) is 0.156. The molecule has 0 atom stereocenters. The number of carbonyl (C=O) groups excluding carboxylic acids is 1. The van der Waals surface area contributed by atoms with Gasteiger partial charge in [0.1, 0.15) is 5.75 Å². The summed E-state index contributed by atoms with van der Waals surface area (Å²) in [5, 5.41) is 13.6. The van der Waals surface area contributed by atoms with E-state index in [4.69, 9.17) is 9.84 Å². The van der Waals surface area contributed by atoms with Crippen LogP contribution < -0.4 is 15.7 Å². The topological polar surface area (TPSA) is 123 Å². The zero-order chi connectivity index (χ0) is 25.5. The predicted octanol–water partition coefficient (Wildman–Crippen LogP) is 3.40. The Morgan fingerprint density at radius 1 is 1.08 bits per heavy atom. The van der Waals surface area contributed by atoms with Crippen LogP contribution in [0.2, 0.25) is 0 Å². The standard InChI is InChI=1S/C26H22N4O5S/c1-17-8-2-6-12-21(17)30-25(34)19-10-4-5-11-20(19)28-26(30)36-16-23(31)29-27-14-18-9-3-7-13-22(18)35-15-24(32)33/h2-14H,15-16H2,1H3,(H,29,31)(H,32,33)/b27-14+. The lowest BCUT2D eigenvalue weighted by molar-refractivity contribution is -0.139. The van der Waals surface area contributed by atoms with Crippen LogP contribution in [0.3, 0.4) is 0 Å². The monoisotopic (exact) mass is 502 g/mol. The Balaban J connectivity index is 1.52. The van der Waals surface area contributed by atoms with Gasteiger partial charge in [0, 0.05) is 5.56 Å². The first kappa shape index (κ1) is 24.7. The highest BCUT2D eigenvalue weighted by molar-refractivity contribution is 7.99. The molecular weight excluding hydrogens is 480 g/mol. The summed E-state index contributed by atoms with van der Waals surface area (Å²) in [7, 11) is 0. The molecule has 1 heterocycles. The summed E-state index contributed by atoms with van der Waals surface area (Å²) in [6.07, 6.45) is 1.37. The second kappa shape index (κ2) is 11.3. The molecule has 0 unspecified atom stereocenters. The normalized spacial score (nSPS) is 11.0. The van der Waals surface area contributed by atoms with Crippen molar-refractivity contribution in [2.75, 3.05) is 12.4 Å². The molecule has 0 bridgehead atoms. The Morgan fingerprint density at radius 3 is 2.61 bits per heavy atom. The summed E-state index contributed by atoms with van der Waals surface area (Å²) in [5.74, 6) is -1.21. The van der Waals surface area contributed by atoms with Crippen molar-refractivity contribution in [2.45, 2.75) is 12.1 Å². The Kier molecular flexibility index (Phi) is 7.76. The summed E-state index contributed by atoms with van der Waals surface area (Å²) < 4.78 is 6.75. The molecule has 0 aliphatic heterocycles. The van der Waals surface area contributed by atoms with Gasteiger partial charge in [-0.05, 0) is 42.8 Å². The number of fused-ring (bicyclic) bond motifs is 1. The van der Waals surface area contributed by atoms with Crippen molar-refractivity contribution < 1.29 is 19.4 Å². The predicted molar refractivity (Wildman–Crippen MR) is 138 cm³/mol. The fourth-order valence-corrected chi connectivity index (χ4v) is 4.23. The Hall–Kier alpha value is -4.44. The molecule has 0 radical (unpaired) electrons. The molecule has 0 fully saturated rings. The summed E-state index contributed by atoms with van der Waals surface area (Å²) >= 11 is 1.12. The van der Waals surface area contributed by atoms with Crippen LogP contribution in [0.4, 0.5) is 0 Å². The number of carboxylic acids is 1. The first-order valence-electron chi connectivity index (χ1n) is 10.9. The van der Waals surface area contributed by atoms with Gasteiger partial charge in [-0.25, -0.2) is 15.2 Å². The number of thioether (sulfide) groups is 1. The van der Waals surface area contributed by atoms with E-state index < -0.39 is 18.5 Å². The molecule has 1 aromatic heterocycles. The molecule has 4 aromatic rings. The van der Waals surface area contributed by atoms with Gasteiger partial charge >= 0.3 is 5.97 Å². The van der Waals surface area contributed by atoms with Crippen molar-refractivity contribution in [2.24, 2.45) is 5.10 Å². The number of aryl methyl sites for hydroxylation is 1. The van der Waals surface area contributed by atoms with Crippen LogP contribution in [0, 0.1) is 6.92 Å². The molecule has 3 aromatic carbocycles. The van der Waals surface area contributed by atoms with E-state index in [9.17, 15) is 14.4 Å². The van der Waals surface area contributed by atoms with Gasteiger partial charge in [0.2, 0.25) is 0 Å². The maximum Gasteiger partial charge on any atom is 0.341 e. The lowest BCUT2D eigenvalue weighted by Gasteiger charge is -2.14. The van der Waals surface area contributed by atoms with Gasteiger partial charge in [0.05, 0.1) is 28.6 Å². The molecule has 4 rings (SSSR count). The minimum Gasteiger partial charge on any atom is -0.481 e. The van der Waals surface area contributed by atoms with Gasteiger partial charge in [0.25, 0.3) is 11.5 Å². The number of carbonyl (C=O) groups is 2.